The Labute approximate surface area is 208 Å². The Kier molecular flexibility index (Phi) is 6.42. The number of hydrogen-bond acceptors (Lipinski definition) is 5. The molecule has 0 radical (unpaired) electrons. The lowest BCUT2D eigenvalue weighted by atomic mass is 9.79. The number of anilines is 1. The van der Waals surface area contributed by atoms with E-state index in [1.807, 2.05) is 25.1 Å². The molecule has 5 rings (SSSR count). The molecule has 1 atom stereocenters. The summed E-state index contributed by atoms with van der Waals surface area (Å²) in [5, 5.41) is 12.6. The summed E-state index contributed by atoms with van der Waals surface area (Å²) in [6.45, 7) is 4.15. The largest absolute Gasteiger partial charge is 0.375 e. The number of carbonyl (C=O) groups is 1. The van der Waals surface area contributed by atoms with Crippen LogP contribution in [-0.4, -0.2) is 24.0 Å². The van der Waals surface area contributed by atoms with Crippen LogP contribution >= 0.6 is 0 Å². The molecule has 1 N–H and O–H groups in total. The van der Waals surface area contributed by atoms with Crippen LogP contribution in [0.3, 0.4) is 0 Å². The Morgan fingerprint density at radius 2 is 2.03 bits per heavy atom. The van der Waals surface area contributed by atoms with Crippen LogP contribution < -0.4 is 10.2 Å². The number of ether oxygens (including phenoxy) is 1. The van der Waals surface area contributed by atoms with Gasteiger partial charge in [0.25, 0.3) is 12.3 Å². The highest BCUT2D eigenvalue weighted by molar-refractivity contribution is 5.94. The van der Waals surface area contributed by atoms with Crippen molar-refractivity contribution in [2.24, 2.45) is 0 Å². The van der Waals surface area contributed by atoms with E-state index in [-0.39, 0.29) is 18.0 Å². The fourth-order valence-electron chi connectivity index (χ4n) is 4.85. The number of nitrogens with one attached hydrogen (secondary N) is 1. The number of amides is 1. The van der Waals surface area contributed by atoms with Crippen LogP contribution in [0.25, 0.3) is 0 Å². The molecule has 0 aliphatic carbocycles. The lowest BCUT2D eigenvalue weighted by Gasteiger charge is -2.31. The van der Waals surface area contributed by atoms with Gasteiger partial charge in [0.05, 0.1) is 31.5 Å². The van der Waals surface area contributed by atoms with Gasteiger partial charge in [0.2, 0.25) is 0 Å². The van der Waals surface area contributed by atoms with Crippen molar-refractivity contribution in [3.05, 3.63) is 93.8 Å². The Balaban J connectivity index is 1.26. The van der Waals surface area contributed by atoms with Crippen molar-refractivity contribution >= 4 is 11.6 Å². The van der Waals surface area contributed by atoms with Gasteiger partial charge in [-0.2, -0.15) is 5.26 Å². The fourth-order valence-corrected chi connectivity index (χ4v) is 4.85. The van der Waals surface area contributed by atoms with Crippen LogP contribution in [0.5, 0.6) is 0 Å². The van der Waals surface area contributed by atoms with Crippen LogP contribution in [0.2, 0.25) is 0 Å². The zero-order valence-corrected chi connectivity index (χ0v) is 19.9. The van der Waals surface area contributed by atoms with Gasteiger partial charge in [-0.25, -0.2) is 8.78 Å². The second-order valence-corrected chi connectivity index (χ2v) is 9.50. The van der Waals surface area contributed by atoms with Crippen molar-refractivity contribution in [1.29, 1.82) is 5.26 Å². The van der Waals surface area contributed by atoms with Gasteiger partial charge < -0.3 is 15.0 Å². The van der Waals surface area contributed by atoms with Crippen LogP contribution in [0, 0.1) is 11.3 Å². The molecular weight excluding hydrogens is 462 g/mol. The second kappa shape index (κ2) is 9.67. The van der Waals surface area contributed by atoms with E-state index in [4.69, 9.17) is 4.74 Å². The van der Waals surface area contributed by atoms with E-state index in [1.165, 1.54) is 6.07 Å². The maximum Gasteiger partial charge on any atom is 0.263 e. The number of fused-ring (bicyclic) bond motifs is 2. The summed E-state index contributed by atoms with van der Waals surface area (Å²) in [4.78, 5) is 19.5. The molecule has 6 nitrogen and oxygen atoms in total. The number of nitrogens with zero attached hydrogens (tertiary/aromatic N) is 3. The summed E-state index contributed by atoms with van der Waals surface area (Å²) in [6.07, 6.45) is -0.0591. The summed E-state index contributed by atoms with van der Waals surface area (Å²) in [7, 11) is 0. The maximum atomic E-state index is 13.0. The van der Waals surface area contributed by atoms with Crippen molar-refractivity contribution in [1.82, 2.24) is 10.3 Å². The number of pyridine rings is 1. The van der Waals surface area contributed by atoms with Gasteiger partial charge in [0, 0.05) is 36.1 Å². The van der Waals surface area contributed by atoms with E-state index in [0.29, 0.717) is 44.0 Å². The van der Waals surface area contributed by atoms with Crippen molar-refractivity contribution in [3.63, 3.8) is 0 Å². The van der Waals surface area contributed by atoms with E-state index in [0.717, 1.165) is 27.9 Å². The number of carbonyl (C=O) groups excluding carboxylic acids is 1. The number of alkyl halides is 2. The first kappa shape index (κ1) is 23.9. The highest BCUT2D eigenvalue weighted by Crippen LogP contribution is 2.33. The van der Waals surface area contributed by atoms with Gasteiger partial charge in [0.1, 0.15) is 5.41 Å². The summed E-state index contributed by atoms with van der Waals surface area (Å²) in [6, 6.07) is 16.4. The molecule has 8 heteroatoms. The quantitative estimate of drug-likeness (QED) is 0.557. The molecule has 0 bridgehead atoms. The molecule has 3 aromatic rings. The third-order valence-electron chi connectivity index (χ3n) is 6.95. The first-order valence-electron chi connectivity index (χ1n) is 11.9. The SMILES string of the molecule is C[C@@]1(C#N)COCc2ccc(C(=O)NCc3cc(N4CCc5cc(C(F)F)ccc5C4)ccn3)cc21. The molecule has 1 aromatic heterocycles. The number of hydrogen-bond donors (Lipinski definition) is 1. The normalized spacial score (nSPS) is 18.8. The average Bonchev–Trinajstić information content (AvgIpc) is 2.91. The molecule has 2 aliphatic rings. The van der Waals surface area contributed by atoms with Gasteiger partial charge in [-0.1, -0.05) is 18.2 Å². The summed E-state index contributed by atoms with van der Waals surface area (Å²) >= 11 is 0. The standard InChI is InChI=1S/C28H26F2N4O2/c1-28(16-31)17-36-15-22-5-3-20(11-25(22)28)27(35)33-13-23-12-24(6-8-32-23)34-9-7-18-10-19(26(29)30)2-4-21(18)14-34/h2-6,8,10-12,26H,7,9,13-15,17H2,1H3,(H,33,35)/t28-/m1/s1. The van der Waals surface area contributed by atoms with E-state index < -0.39 is 11.8 Å². The predicted octanol–water partition coefficient (Wildman–Crippen LogP) is 4.82. The molecule has 2 aromatic carbocycles. The van der Waals surface area contributed by atoms with E-state index >= 15 is 0 Å². The molecule has 0 unspecified atom stereocenters. The number of halogens is 2. The molecule has 3 heterocycles. The minimum absolute atomic E-state index is 0.0636. The van der Waals surface area contributed by atoms with Crippen molar-refractivity contribution in [2.75, 3.05) is 18.1 Å². The third kappa shape index (κ3) is 4.67. The highest BCUT2D eigenvalue weighted by atomic mass is 19.3. The molecular formula is C28H26F2N4O2. The van der Waals surface area contributed by atoms with E-state index in [9.17, 15) is 18.8 Å². The minimum atomic E-state index is -2.46. The van der Waals surface area contributed by atoms with Gasteiger partial charge >= 0.3 is 0 Å². The first-order chi connectivity index (χ1) is 17.4. The topological polar surface area (TPSA) is 78.2 Å². The van der Waals surface area contributed by atoms with Crippen molar-refractivity contribution in [2.45, 2.75) is 44.9 Å². The number of aromatic nitrogens is 1. The van der Waals surface area contributed by atoms with E-state index in [2.05, 4.69) is 21.3 Å². The third-order valence-corrected chi connectivity index (χ3v) is 6.95. The van der Waals surface area contributed by atoms with Crippen LogP contribution in [0.1, 0.15) is 57.2 Å². The number of rotatable bonds is 5. The van der Waals surface area contributed by atoms with Gasteiger partial charge in [-0.3, -0.25) is 9.78 Å². The highest BCUT2D eigenvalue weighted by Gasteiger charge is 2.33. The smallest absolute Gasteiger partial charge is 0.263 e. The fraction of sp³-hybridized carbons (Fsp3) is 0.321. The average molecular weight is 489 g/mol. The summed E-state index contributed by atoms with van der Waals surface area (Å²) in [5.41, 5.74) is 5.21. The predicted molar refractivity (Wildman–Crippen MR) is 131 cm³/mol. The molecule has 0 spiro atoms. The Morgan fingerprint density at radius 1 is 1.19 bits per heavy atom. The number of nitriles is 1. The zero-order valence-electron chi connectivity index (χ0n) is 19.9. The lowest BCUT2D eigenvalue weighted by molar-refractivity contribution is 0.0757. The molecule has 0 saturated carbocycles. The molecule has 184 valence electrons. The monoisotopic (exact) mass is 488 g/mol. The lowest BCUT2D eigenvalue weighted by Crippen LogP contribution is -2.33. The summed E-state index contributed by atoms with van der Waals surface area (Å²) < 4.78 is 31.6. The Bertz CT molecular complexity index is 1350. The van der Waals surface area contributed by atoms with E-state index in [1.54, 1.807) is 30.5 Å². The van der Waals surface area contributed by atoms with Crippen LogP contribution in [0.15, 0.2) is 54.7 Å². The summed E-state index contributed by atoms with van der Waals surface area (Å²) in [5.74, 6) is -0.237. The Morgan fingerprint density at radius 3 is 2.83 bits per heavy atom. The number of benzene rings is 2. The molecule has 0 saturated heterocycles. The first-order valence-corrected chi connectivity index (χ1v) is 11.9. The minimum Gasteiger partial charge on any atom is -0.375 e. The zero-order chi connectivity index (χ0) is 25.3. The van der Waals surface area contributed by atoms with Crippen LogP contribution in [0.4, 0.5) is 14.5 Å². The molecule has 1 amide bonds. The van der Waals surface area contributed by atoms with Crippen molar-refractivity contribution in [3.8, 4) is 6.07 Å². The van der Waals surface area contributed by atoms with Crippen molar-refractivity contribution < 1.29 is 18.3 Å². The second-order valence-electron chi connectivity index (χ2n) is 9.50. The Hall–Kier alpha value is -3.83. The molecule has 0 fully saturated rings. The maximum absolute atomic E-state index is 13.0. The van der Waals surface area contributed by atoms with Gasteiger partial charge in [0.15, 0.2) is 0 Å². The van der Waals surface area contributed by atoms with Gasteiger partial charge in [-0.15, -0.1) is 0 Å². The molecule has 36 heavy (non-hydrogen) atoms. The van der Waals surface area contributed by atoms with Gasteiger partial charge in [-0.05, 0) is 65.9 Å². The van der Waals surface area contributed by atoms with Crippen LogP contribution in [-0.2, 0) is 36.3 Å². The molecule has 2 aliphatic heterocycles.